The first-order chi connectivity index (χ1) is 11.3. The Bertz CT molecular complexity index is 367. The van der Waals surface area contributed by atoms with E-state index in [0.29, 0.717) is 0 Å². The zero-order valence-corrected chi connectivity index (χ0v) is 18.3. The summed E-state index contributed by atoms with van der Waals surface area (Å²) < 4.78 is 22.9. The topological polar surface area (TPSA) is 54.0 Å². The summed E-state index contributed by atoms with van der Waals surface area (Å²) in [5.41, 5.74) is -0.792. The van der Waals surface area contributed by atoms with Gasteiger partial charge in [-0.05, 0) is 83.1 Å². The van der Waals surface area contributed by atoms with Crippen molar-refractivity contribution in [3.8, 4) is 0 Å². The fourth-order valence-corrected chi connectivity index (χ4v) is 2.99. The highest BCUT2D eigenvalue weighted by molar-refractivity contribution is 6.75. The second kappa shape index (κ2) is 8.76. The Labute approximate surface area is 163 Å². The van der Waals surface area contributed by atoms with Crippen LogP contribution < -0.4 is 0 Å². The Morgan fingerprint density at radius 1 is 0.500 bits per heavy atom. The van der Waals surface area contributed by atoms with Crippen LogP contribution in [-0.4, -0.2) is 56.2 Å². The van der Waals surface area contributed by atoms with E-state index in [1.807, 2.05) is 34.5 Å². The first-order valence-corrected chi connectivity index (χ1v) is 8.42. The molecule has 2 rings (SSSR count). The van der Waals surface area contributed by atoms with E-state index in [1.165, 1.54) is 0 Å². The van der Waals surface area contributed by atoms with E-state index in [-0.39, 0.29) is 30.1 Å². The molecule has 0 spiro atoms. The van der Waals surface area contributed by atoms with E-state index >= 15 is 0 Å². The van der Waals surface area contributed by atoms with Crippen LogP contribution in [0.5, 0.6) is 0 Å². The quantitative estimate of drug-likeness (QED) is 0.613. The molecule has 0 aromatic carbocycles. The van der Waals surface area contributed by atoms with Crippen molar-refractivity contribution in [2.45, 2.75) is 117 Å². The van der Waals surface area contributed by atoms with Crippen molar-refractivity contribution >= 4 is 22.3 Å². The van der Waals surface area contributed by atoms with E-state index in [9.17, 15) is 0 Å². The van der Waals surface area contributed by atoms with E-state index in [0.717, 1.165) is 0 Å². The number of hydrogen-bond donors (Lipinski definition) is 0. The van der Waals surface area contributed by atoms with Crippen LogP contribution >= 0.6 is 0 Å². The maximum Gasteiger partial charge on any atom is 0.164 e. The Kier molecular flexibility index (Phi) is 9.39. The molecule has 0 aliphatic carbocycles. The molecule has 0 atom stereocenters. The minimum atomic E-state index is -0.438. The standard InChI is InChI=1S/2C9H18O2.CH2O.B2H3/c2*1-7(2)8(3,4)11-9(5,6)10-7;2*1-2/h2*1-6H3;1H2;1H3/q;;;-1. The van der Waals surface area contributed by atoms with Crippen LogP contribution in [0.15, 0.2) is 0 Å². The van der Waals surface area contributed by atoms with Gasteiger partial charge in [0.25, 0.3) is 0 Å². The second-order valence-electron chi connectivity index (χ2n) is 9.25. The lowest BCUT2D eigenvalue weighted by molar-refractivity contribution is -0.164. The molecule has 5 nitrogen and oxygen atoms in total. The summed E-state index contributed by atoms with van der Waals surface area (Å²) in [5.74, 6) is -0.875. The van der Waals surface area contributed by atoms with Gasteiger partial charge in [0.05, 0.1) is 22.4 Å². The fraction of sp³-hybridized carbons (Fsp3) is 0.947. The van der Waals surface area contributed by atoms with Crippen LogP contribution in [-0.2, 0) is 23.7 Å². The molecule has 0 aromatic heterocycles. The molecule has 2 aliphatic heterocycles. The smallest absolute Gasteiger partial charge is 0.164 e. The first kappa shape index (κ1) is 27.9. The summed E-state index contributed by atoms with van der Waals surface area (Å²) >= 11 is 0. The molecule has 2 radical (unpaired) electrons. The van der Waals surface area contributed by atoms with Crippen molar-refractivity contribution < 1.29 is 23.7 Å². The molecule has 154 valence electrons. The number of carbonyl (C=O) groups excluding carboxylic acids is 1. The monoisotopic (exact) mass is 371 g/mol. The van der Waals surface area contributed by atoms with E-state index in [1.54, 1.807) is 0 Å². The van der Waals surface area contributed by atoms with Gasteiger partial charge in [0.15, 0.2) is 11.6 Å². The summed E-state index contributed by atoms with van der Waals surface area (Å²) in [6.45, 7) is 26.3. The average Bonchev–Trinajstić information content (AvgIpc) is 2.63. The summed E-state index contributed by atoms with van der Waals surface area (Å²) in [7, 11) is 5.00. The highest BCUT2D eigenvalue weighted by Crippen LogP contribution is 2.43. The van der Waals surface area contributed by atoms with Crippen molar-refractivity contribution in [1.82, 2.24) is 0 Å². The Hall–Kier alpha value is -0.360. The van der Waals surface area contributed by atoms with Gasteiger partial charge in [-0.2, -0.15) is 7.74 Å². The van der Waals surface area contributed by atoms with Crippen LogP contribution in [0.3, 0.4) is 0 Å². The van der Waals surface area contributed by atoms with Gasteiger partial charge < -0.3 is 23.7 Å². The normalized spacial score (nSPS) is 27.6. The summed E-state index contributed by atoms with van der Waals surface area (Å²) in [4.78, 5) is 8.00. The van der Waals surface area contributed by atoms with Gasteiger partial charge in [0, 0.05) is 0 Å². The van der Waals surface area contributed by atoms with Crippen LogP contribution in [0.25, 0.3) is 0 Å². The Morgan fingerprint density at radius 2 is 0.615 bits per heavy atom. The molecule has 2 saturated heterocycles. The maximum atomic E-state index is 8.00. The summed E-state index contributed by atoms with van der Waals surface area (Å²) in [6, 6.07) is 0. The molecule has 0 bridgehead atoms. The molecule has 0 aromatic rings. The molecular formula is C19H41B2O5-. The third-order valence-electron chi connectivity index (χ3n) is 4.90. The Morgan fingerprint density at radius 3 is 0.654 bits per heavy atom. The molecule has 26 heavy (non-hydrogen) atoms. The van der Waals surface area contributed by atoms with Crippen molar-refractivity contribution in [3.63, 3.8) is 0 Å². The molecule has 2 fully saturated rings. The van der Waals surface area contributed by atoms with E-state index < -0.39 is 11.6 Å². The highest BCUT2D eigenvalue weighted by Gasteiger charge is 2.53. The van der Waals surface area contributed by atoms with Gasteiger partial charge in [0.1, 0.15) is 6.79 Å². The summed E-state index contributed by atoms with van der Waals surface area (Å²) in [5, 5.41) is 0. The minimum absolute atomic E-state index is 0.198. The van der Waals surface area contributed by atoms with Gasteiger partial charge in [-0.1, -0.05) is 7.74 Å². The molecule has 0 N–H and O–H groups in total. The lowest BCUT2D eigenvalue weighted by Crippen LogP contribution is -2.41. The van der Waals surface area contributed by atoms with Crippen LogP contribution in [0.2, 0.25) is 0 Å². The second-order valence-corrected chi connectivity index (χ2v) is 9.25. The molecule has 0 amide bonds. The minimum Gasteiger partial charge on any atom is -0.342 e. The number of ether oxygens (including phenoxy) is 4. The van der Waals surface area contributed by atoms with Gasteiger partial charge in [0.2, 0.25) is 0 Å². The number of rotatable bonds is 0. The van der Waals surface area contributed by atoms with Crippen molar-refractivity contribution in [1.29, 1.82) is 0 Å². The molecule has 0 saturated carbocycles. The van der Waals surface area contributed by atoms with Gasteiger partial charge in [-0.25, -0.2) is 0 Å². The van der Waals surface area contributed by atoms with Crippen LogP contribution in [0.4, 0.5) is 0 Å². The largest absolute Gasteiger partial charge is 0.342 e. The molecule has 2 aliphatic rings. The van der Waals surface area contributed by atoms with Crippen LogP contribution in [0.1, 0.15) is 83.1 Å². The summed E-state index contributed by atoms with van der Waals surface area (Å²) in [6.07, 6.45) is 0. The lowest BCUT2D eigenvalue weighted by Gasteiger charge is -2.30. The molecule has 0 unspecified atom stereocenters. The third-order valence-corrected chi connectivity index (χ3v) is 4.90. The fourth-order valence-electron chi connectivity index (χ4n) is 2.99. The first-order valence-electron chi connectivity index (χ1n) is 8.42. The van der Waals surface area contributed by atoms with Crippen molar-refractivity contribution in [2.75, 3.05) is 0 Å². The predicted molar refractivity (Wildman–Crippen MR) is 112 cm³/mol. The van der Waals surface area contributed by atoms with Crippen LogP contribution in [0, 0.1) is 0 Å². The maximum absolute atomic E-state index is 8.00. The van der Waals surface area contributed by atoms with Gasteiger partial charge in [-0.3, -0.25) is 0 Å². The molecule has 2 heterocycles. The number of carbonyl (C=O) groups is 1. The molecular weight excluding hydrogens is 330 g/mol. The zero-order chi connectivity index (χ0) is 21.8. The highest BCUT2D eigenvalue weighted by atomic mass is 16.8. The van der Waals surface area contributed by atoms with E-state index in [2.05, 4.69) is 55.4 Å². The third kappa shape index (κ3) is 6.99. The van der Waals surface area contributed by atoms with Gasteiger partial charge in [-0.15, -0.1) is 0 Å². The number of hydrogen-bond acceptors (Lipinski definition) is 5. The van der Waals surface area contributed by atoms with Crippen molar-refractivity contribution in [2.24, 2.45) is 0 Å². The van der Waals surface area contributed by atoms with Crippen molar-refractivity contribution in [3.05, 3.63) is 0 Å². The predicted octanol–water partition coefficient (Wildman–Crippen LogP) is 2.90. The lowest BCUT2D eigenvalue weighted by atomic mass is 9.81. The zero-order valence-electron chi connectivity index (χ0n) is 18.3. The van der Waals surface area contributed by atoms with E-state index in [4.69, 9.17) is 31.5 Å². The molecule has 7 heteroatoms. The van der Waals surface area contributed by atoms with Gasteiger partial charge >= 0.3 is 0 Å². The Balaban J connectivity index is 0. The average molecular weight is 371 g/mol. The SMILES string of the molecule is C=O.CC1(C)OC(C)(C)C(C)(C)O1.CC1(C)OC(C)(C)C(C)(C)O1.[B][BH3-].